The first-order valence-corrected chi connectivity index (χ1v) is 9.07. The van der Waals surface area contributed by atoms with Gasteiger partial charge in [0.25, 0.3) is 0 Å². The van der Waals surface area contributed by atoms with Crippen LogP contribution < -0.4 is 5.73 Å². The molecule has 2 amide bonds. The van der Waals surface area contributed by atoms with Gasteiger partial charge in [-0.2, -0.15) is 0 Å². The largest absolute Gasteiger partial charge is 0.378 e. The highest BCUT2D eigenvalue weighted by molar-refractivity contribution is 5.88. The van der Waals surface area contributed by atoms with Crippen molar-refractivity contribution in [1.82, 2.24) is 9.80 Å². The van der Waals surface area contributed by atoms with Gasteiger partial charge in [0.1, 0.15) is 6.04 Å². The third kappa shape index (κ3) is 5.60. The van der Waals surface area contributed by atoms with Gasteiger partial charge in [0, 0.05) is 32.7 Å². The van der Waals surface area contributed by atoms with E-state index in [1.54, 1.807) is 4.90 Å². The minimum absolute atomic E-state index is 0. The fourth-order valence-corrected chi connectivity index (χ4v) is 3.48. The summed E-state index contributed by atoms with van der Waals surface area (Å²) in [5.74, 6) is 0.231. The summed E-state index contributed by atoms with van der Waals surface area (Å²) in [5, 5.41) is 0. The van der Waals surface area contributed by atoms with Crippen LogP contribution in [-0.4, -0.2) is 66.5 Å². The van der Waals surface area contributed by atoms with Crippen molar-refractivity contribution < 1.29 is 14.3 Å². The molecule has 6 nitrogen and oxygen atoms in total. The molecule has 140 valence electrons. The van der Waals surface area contributed by atoms with Gasteiger partial charge in [-0.3, -0.25) is 9.59 Å². The van der Waals surface area contributed by atoms with Crippen LogP contribution in [0.2, 0.25) is 0 Å². The predicted molar refractivity (Wildman–Crippen MR) is 96.1 cm³/mol. The number of ether oxygens (including phenoxy) is 1. The van der Waals surface area contributed by atoms with Crippen LogP contribution in [0.15, 0.2) is 0 Å². The normalized spacial score (nSPS) is 22.2. The molecule has 0 aromatic carbocycles. The van der Waals surface area contributed by atoms with Gasteiger partial charge in [0.15, 0.2) is 0 Å². The fourth-order valence-electron chi connectivity index (χ4n) is 3.48. The first-order chi connectivity index (χ1) is 11.2. The number of hydrogen-bond donors (Lipinski definition) is 1. The molecule has 0 aromatic heterocycles. The number of nitrogens with zero attached hydrogens (tertiary/aromatic N) is 2. The number of piperidine rings is 2. The first-order valence-electron chi connectivity index (χ1n) is 9.07. The van der Waals surface area contributed by atoms with Crippen LogP contribution in [-0.2, 0) is 14.3 Å². The maximum atomic E-state index is 12.8. The Hall–Kier alpha value is -0.850. The van der Waals surface area contributed by atoms with E-state index >= 15 is 0 Å². The minimum Gasteiger partial charge on any atom is -0.378 e. The zero-order chi connectivity index (χ0) is 16.7. The van der Waals surface area contributed by atoms with Crippen LogP contribution in [0.4, 0.5) is 0 Å². The van der Waals surface area contributed by atoms with Crippen LogP contribution in [0.25, 0.3) is 0 Å². The van der Waals surface area contributed by atoms with Gasteiger partial charge in [-0.15, -0.1) is 12.4 Å². The zero-order valence-corrected chi connectivity index (χ0v) is 15.6. The number of hydrogen-bond acceptors (Lipinski definition) is 4. The van der Waals surface area contributed by atoms with Crippen LogP contribution in [0, 0.1) is 0 Å². The number of halogens is 1. The van der Waals surface area contributed by atoms with Gasteiger partial charge in [-0.1, -0.05) is 6.92 Å². The summed E-state index contributed by atoms with van der Waals surface area (Å²) in [6, 6.07) is -0.245. The molecule has 2 rings (SSSR count). The number of carbonyl (C=O) groups is 2. The van der Waals surface area contributed by atoms with E-state index in [0.717, 1.165) is 58.2 Å². The van der Waals surface area contributed by atoms with Crippen LogP contribution in [0.3, 0.4) is 0 Å². The van der Waals surface area contributed by atoms with Crippen molar-refractivity contribution in [2.75, 3.05) is 32.8 Å². The van der Waals surface area contributed by atoms with Gasteiger partial charge < -0.3 is 20.3 Å². The monoisotopic (exact) mass is 361 g/mol. The van der Waals surface area contributed by atoms with Crippen molar-refractivity contribution in [3.05, 3.63) is 0 Å². The molecule has 2 heterocycles. The Morgan fingerprint density at radius 1 is 1.12 bits per heavy atom. The Morgan fingerprint density at radius 3 is 2.46 bits per heavy atom. The predicted octanol–water partition coefficient (Wildman–Crippen LogP) is 1.56. The van der Waals surface area contributed by atoms with Crippen molar-refractivity contribution in [1.29, 1.82) is 0 Å². The number of nitrogens with two attached hydrogens (primary N) is 1. The summed E-state index contributed by atoms with van der Waals surface area (Å²) >= 11 is 0. The highest BCUT2D eigenvalue weighted by Crippen LogP contribution is 2.22. The minimum atomic E-state index is -0.245. The molecule has 2 saturated heterocycles. The van der Waals surface area contributed by atoms with Crippen LogP contribution in [0.5, 0.6) is 0 Å². The highest BCUT2D eigenvalue weighted by atomic mass is 35.5. The Balaban J connectivity index is 0.00000288. The fraction of sp³-hybridized carbons (Fsp3) is 0.882. The van der Waals surface area contributed by atoms with E-state index in [4.69, 9.17) is 10.5 Å². The lowest BCUT2D eigenvalue weighted by Crippen LogP contribution is -2.54. The van der Waals surface area contributed by atoms with Crippen molar-refractivity contribution in [3.63, 3.8) is 0 Å². The molecule has 2 N–H and O–H groups in total. The summed E-state index contributed by atoms with van der Waals surface area (Å²) in [5.41, 5.74) is 5.47. The topological polar surface area (TPSA) is 75.9 Å². The molecule has 0 aromatic rings. The second-order valence-corrected chi connectivity index (χ2v) is 6.49. The molecule has 0 aliphatic carbocycles. The molecule has 0 spiro atoms. The zero-order valence-electron chi connectivity index (χ0n) is 14.7. The van der Waals surface area contributed by atoms with E-state index in [1.807, 2.05) is 11.8 Å². The molecule has 2 fully saturated rings. The van der Waals surface area contributed by atoms with Crippen molar-refractivity contribution >= 4 is 24.2 Å². The molecule has 2 aliphatic rings. The molecule has 1 unspecified atom stereocenters. The number of amides is 2. The van der Waals surface area contributed by atoms with Crippen LogP contribution in [0.1, 0.15) is 51.9 Å². The Kier molecular flexibility index (Phi) is 9.63. The average Bonchev–Trinajstić information content (AvgIpc) is 2.61. The summed E-state index contributed by atoms with van der Waals surface area (Å²) < 4.78 is 5.79. The summed E-state index contributed by atoms with van der Waals surface area (Å²) in [7, 11) is 0. The van der Waals surface area contributed by atoms with Gasteiger partial charge >= 0.3 is 0 Å². The van der Waals surface area contributed by atoms with E-state index in [-0.39, 0.29) is 36.4 Å². The molecule has 1 atom stereocenters. The van der Waals surface area contributed by atoms with E-state index < -0.39 is 0 Å². The Labute approximate surface area is 151 Å². The SMILES string of the molecule is CCC(=O)N1CCCCC1C(=O)N1CCC(OCCCN)CC1.Cl. The third-order valence-corrected chi connectivity index (χ3v) is 4.87. The second kappa shape index (κ2) is 10.9. The van der Waals surface area contributed by atoms with Gasteiger partial charge in [-0.05, 0) is 45.1 Å². The third-order valence-electron chi connectivity index (χ3n) is 4.87. The van der Waals surface area contributed by atoms with Gasteiger partial charge in [0.2, 0.25) is 11.8 Å². The molecular weight excluding hydrogens is 330 g/mol. The molecular formula is C17H32ClN3O3. The molecule has 2 aliphatic heterocycles. The van der Waals surface area contributed by atoms with Crippen molar-refractivity contribution in [2.24, 2.45) is 5.73 Å². The van der Waals surface area contributed by atoms with Gasteiger partial charge in [0.05, 0.1) is 6.10 Å². The van der Waals surface area contributed by atoms with E-state index in [2.05, 4.69) is 0 Å². The van der Waals surface area contributed by atoms with E-state index in [1.165, 1.54) is 0 Å². The molecule has 0 bridgehead atoms. The smallest absolute Gasteiger partial charge is 0.245 e. The lowest BCUT2D eigenvalue weighted by molar-refractivity contribution is -0.149. The van der Waals surface area contributed by atoms with Gasteiger partial charge in [-0.25, -0.2) is 0 Å². The molecule has 24 heavy (non-hydrogen) atoms. The number of rotatable bonds is 6. The molecule has 0 radical (unpaired) electrons. The van der Waals surface area contributed by atoms with E-state index in [0.29, 0.717) is 19.6 Å². The second-order valence-electron chi connectivity index (χ2n) is 6.49. The lowest BCUT2D eigenvalue weighted by Gasteiger charge is -2.40. The molecule has 0 saturated carbocycles. The number of carbonyl (C=O) groups excluding carboxylic acids is 2. The van der Waals surface area contributed by atoms with Crippen molar-refractivity contribution in [3.8, 4) is 0 Å². The Bertz CT molecular complexity index is 401. The number of likely N-dealkylation sites (tertiary alicyclic amines) is 2. The quantitative estimate of drug-likeness (QED) is 0.728. The lowest BCUT2D eigenvalue weighted by atomic mass is 9.98. The van der Waals surface area contributed by atoms with Crippen LogP contribution >= 0.6 is 12.4 Å². The summed E-state index contributed by atoms with van der Waals surface area (Å²) in [4.78, 5) is 28.6. The van der Waals surface area contributed by atoms with Crippen molar-refractivity contribution in [2.45, 2.75) is 64.0 Å². The maximum Gasteiger partial charge on any atom is 0.245 e. The highest BCUT2D eigenvalue weighted by Gasteiger charge is 2.35. The average molecular weight is 362 g/mol. The summed E-state index contributed by atoms with van der Waals surface area (Å²) in [6.07, 6.45) is 6.20. The first kappa shape index (κ1) is 21.2. The van der Waals surface area contributed by atoms with E-state index in [9.17, 15) is 9.59 Å². The maximum absolute atomic E-state index is 12.8. The standard InChI is InChI=1S/C17H31N3O3.ClH/c1-2-16(21)20-10-4-3-6-15(20)17(22)19-11-7-14(8-12-19)23-13-5-9-18;/h14-15H,2-13,18H2,1H3;1H. The Morgan fingerprint density at radius 2 is 1.83 bits per heavy atom. The summed E-state index contributed by atoms with van der Waals surface area (Å²) in [6.45, 7) is 5.41. The molecule has 7 heteroatoms.